The molecule has 76 valence electrons. The van der Waals surface area contributed by atoms with Crippen molar-refractivity contribution in [1.29, 1.82) is 0 Å². The highest BCUT2D eigenvalue weighted by Crippen LogP contribution is 1.87. The highest BCUT2D eigenvalue weighted by Gasteiger charge is 1.98. The van der Waals surface area contributed by atoms with Gasteiger partial charge in [0.1, 0.15) is 5.84 Å². The number of ether oxygens (including phenoxy) is 1. The van der Waals surface area contributed by atoms with Crippen molar-refractivity contribution in [2.45, 2.75) is 19.8 Å². The summed E-state index contributed by atoms with van der Waals surface area (Å²) in [4.78, 5) is 10.7. The summed E-state index contributed by atoms with van der Waals surface area (Å²) in [6.45, 7) is 2.54. The Morgan fingerprint density at radius 3 is 2.92 bits per heavy atom. The van der Waals surface area contributed by atoms with Gasteiger partial charge in [0.15, 0.2) is 0 Å². The summed E-state index contributed by atoms with van der Waals surface area (Å²) in [7, 11) is 0. The predicted molar refractivity (Wildman–Crippen MR) is 47.7 cm³/mol. The maximum atomic E-state index is 10.7. The van der Waals surface area contributed by atoms with Gasteiger partial charge in [-0.25, -0.2) is 4.79 Å². The maximum absolute atomic E-state index is 10.7. The molecule has 4 N–H and O–H groups in total. The third-order valence-electron chi connectivity index (χ3n) is 1.28. The fraction of sp³-hybridized carbons (Fsp3) is 0.714. The number of nitrogens with one attached hydrogen (secondary N) is 1. The number of carbonyl (C=O) groups is 1. The molecule has 0 atom stereocenters. The highest BCUT2D eigenvalue weighted by atomic mass is 16.5. The standard InChI is InChI=1S/C7H15N3O3/c1-2-13-7(11)9-5-3-4-6(8)10-12/h12H,2-5H2,1H3,(H2,8,10)(H,9,11). The monoisotopic (exact) mass is 189 g/mol. The molecule has 0 saturated carbocycles. The lowest BCUT2D eigenvalue weighted by atomic mass is 10.3. The number of oxime groups is 1. The van der Waals surface area contributed by atoms with Crippen molar-refractivity contribution in [1.82, 2.24) is 5.32 Å². The molecule has 0 aliphatic heterocycles. The highest BCUT2D eigenvalue weighted by molar-refractivity contribution is 5.79. The van der Waals surface area contributed by atoms with E-state index in [-0.39, 0.29) is 5.84 Å². The Balaban J connectivity index is 3.30. The minimum atomic E-state index is -0.443. The molecular weight excluding hydrogens is 174 g/mol. The van der Waals surface area contributed by atoms with Crippen molar-refractivity contribution in [2.24, 2.45) is 10.9 Å². The first-order valence-electron chi connectivity index (χ1n) is 4.07. The van der Waals surface area contributed by atoms with Gasteiger partial charge >= 0.3 is 6.09 Å². The fourth-order valence-corrected chi connectivity index (χ4v) is 0.692. The van der Waals surface area contributed by atoms with Crippen molar-refractivity contribution in [3.05, 3.63) is 0 Å². The molecule has 0 aromatic carbocycles. The van der Waals surface area contributed by atoms with E-state index in [0.29, 0.717) is 26.0 Å². The summed E-state index contributed by atoms with van der Waals surface area (Å²) in [5.41, 5.74) is 5.20. The largest absolute Gasteiger partial charge is 0.450 e. The smallest absolute Gasteiger partial charge is 0.407 e. The van der Waals surface area contributed by atoms with Crippen LogP contribution in [-0.4, -0.2) is 30.3 Å². The number of amidine groups is 1. The third-order valence-corrected chi connectivity index (χ3v) is 1.28. The SMILES string of the molecule is CCOC(=O)NCCCC(N)=NO. The van der Waals surface area contributed by atoms with Gasteiger partial charge in [-0.1, -0.05) is 5.16 Å². The van der Waals surface area contributed by atoms with Crippen LogP contribution in [0.15, 0.2) is 5.16 Å². The van der Waals surface area contributed by atoms with E-state index in [1.54, 1.807) is 6.92 Å². The molecule has 0 radical (unpaired) electrons. The van der Waals surface area contributed by atoms with Crippen LogP contribution in [0.2, 0.25) is 0 Å². The van der Waals surface area contributed by atoms with E-state index in [0.717, 1.165) is 0 Å². The van der Waals surface area contributed by atoms with Gasteiger partial charge in [-0.2, -0.15) is 0 Å². The van der Waals surface area contributed by atoms with E-state index in [2.05, 4.69) is 15.2 Å². The Kier molecular flexibility index (Phi) is 6.39. The molecule has 0 rings (SSSR count). The number of carbonyl (C=O) groups excluding carboxylic acids is 1. The van der Waals surface area contributed by atoms with E-state index in [1.807, 2.05) is 0 Å². The minimum absolute atomic E-state index is 0.158. The van der Waals surface area contributed by atoms with Crippen LogP contribution in [0.5, 0.6) is 0 Å². The number of hydrogen-bond donors (Lipinski definition) is 3. The van der Waals surface area contributed by atoms with Gasteiger partial charge < -0.3 is 21.0 Å². The van der Waals surface area contributed by atoms with Gasteiger partial charge in [-0.3, -0.25) is 0 Å². The Morgan fingerprint density at radius 1 is 1.69 bits per heavy atom. The number of hydrogen-bond acceptors (Lipinski definition) is 4. The molecular formula is C7H15N3O3. The quantitative estimate of drug-likeness (QED) is 0.190. The van der Waals surface area contributed by atoms with Gasteiger partial charge in [0.25, 0.3) is 0 Å². The average Bonchev–Trinajstić information content (AvgIpc) is 2.12. The van der Waals surface area contributed by atoms with Gasteiger partial charge in [0.2, 0.25) is 0 Å². The van der Waals surface area contributed by atoms with Crippen molar-refractivity contribution in [2.75, 3.05) is 13.2 Å². The molecule has 0 unspecified atom stereocenters. The molecule has 0 aliphatic carbocycles. The molecule has 6 heteroatoms. The van der Waals surface area contributed by atoms with Crippen LogP contribution in [0.25, 0.3) is 0 Å². The maximum Gasteiger partial charge on any atom is 0.407 e. The first-order valence-corrected chi connectivity index (χ1v) is 4.07. The zero-order chi connectivity index (χ0) is 10.1. The van der Waals surface area contributed by atoms with E-state index < -0.39 is 6.09 Å². The molecule has 13 heavy (non-hydrogen) atoms. The number of nitrogens with zero attached hydrogens (tertiary/aromatic N) is 1. The lowest BCUT2D eigenvalue weighted by Gasteiger charge is -2.03. The topological polar surface area (TPSA) is 96.9 Å². The van der Waals surface area contributed by atoms with Crippen molar-refractivity contribution >= 4 is 11.9 Å². The van der Waals surface area contributed by atoms with Crippen molar-refractivity contribution in [3.63, 3.8) is 0 Å². The van der Waals surface area contributed by atoms with Crippen LogP contribution in [0, 0.1) is 0 Å². The molecule has 0 spiro atoms. The number of amides is 1. The van der Waals surface area contributed by atoms with Crippen LogP contribution in [0.3, 0.4) is 0 Å². The van der Waals surface area contributed by atoms with Crippen LogP contribution in [-0.2, 0) is 4.74 Å². The predicted octanol–water partition coefficient (Wildman–Crippen LogP) is 0.259. The van der Waals surface area contributed by atoms with E-state index in [9.17, 15) is 4.79 Å². The second-order valence-corrected chi connectivity index (χ2v) is 2.34. The van der Waals surface area contributed by atoms with Crippen LogP contribution in [0.4, 0.5) is 4.79 Å². The average molecular weight is 189 g/mol. The first kappa shape index (κ1) is 11.5. The Bertz CT molecular complexity index is 182. The number of rotatable bonds is 5. The summed E-state index contributed by atoms with van der Waals surface area (Å²) in [6, 6.07) is 0. The van der Waals surface area contributed by atoms with Crippen LogP contribution >= 0.6 is 0 Å². The van der Waals surface area contributed by atoms with Crippen LogP contribution in [0.1, 0.15) is 19.8 Å². The summed E-state index contributed by atoms with van der Waals surface area (Å²) in [5.74, 6) is 0.158. The Hall–Kier alpha value is -1.46. The first-order chi connectivity index (χ1) is 6.20. The van der Waals surface area contributed by atoms with Gasteiger partial charge in [0.05, 0.1) is 6.61 Å². The molecule has 1 amide bonds. The van der Waals surface area contributed by atoms with Crippen molar-refractivity contribution < 1.29 is 14.7 Å². The molecule has 0 saturated heterocycles. The molecule has 0 fully saturated rings. The van der Waals surface area contributed by atoms with E-state index in [4.69, 9.17) is 10.9 Å². The van der Waals surface area contributed by atoms with Crippen molar-refractivity contribution in [3.8, 4) is 0 Å². The molecule has 0 aliphatic rings. The van der Waals surface area contributed by atoms with Gasteiger partial charge in [-0.15, -0.1) is 0 Å². The molecule has 0 aromatic heterocycles. The molecule has 0 heterocycles. The second kappa shape index (κ2) is 7.20. The summed E-state index contributed by atoms with van der Waals surface area (Å²) >= 11 is 0. The molecule has 6 nitrogen and oxygen atoms in total. The van der Waals surface area contributed by atoms with Gasteiger partial charge in [0, 0.05) is 13.0 Å². The minimum Gasteiger partial charge on any atom is -0.450 e. The third kappa shape index (κ3) is 6.92. The summed E-state index contributed by atoms with van der Waals surface area (Å²) < 4.78 is 4.61. The normalized spacial score (nSPS) is 11.0. The molecule has 0 aromatic rings. The Labute approximate surface area is 76.7 Å². The summed E-state index contributed by atoms with van der Waals surface area (Å²) in [6.07, 6.45) is 0.624. The lowest BCUT2D eigenvalue weighted by Crippen LogP contribution is -2.26. The lowest BCUT2D eigenvalue weighted by molar-refractivity contribution is 0.152. The van der Waals surface area contributed by atoms with Crippen LogP contribution < -0.4 is 11.1 Å². The van der Waals surface area contributed by atoms with Gasteiger partial charge in [-0.05, 0) is 13.3 Å². The molecule has 0 bridgehead atoms. The number of alkyl carbamates (subject to hydrolysis) is 1. The number of nitrogens with two attached hydrogens (primary N) is 1. The zero-order valence-electron chi connectivity index (χ0n) is 7.62. The summed E-state index contributed by atoms with van der Waals surface area (Å²) in [5, 5.41) is 13.5. The fourth-order valence-electron chi connectivity index (χ4n) is 0.692. The zero-order valence-corrected chi connectivity index (χ0v) is 7.62. The van der Waals surface area contributed by atoms with E-state index in [1.165, 1.54) is 0 Å². The Morgan fingerprint density at radius 2 is 2.38 bits per heavy atom. The van der Waals surface area contributed by atoms with E-state index >= 15 is 0 Å². The second-order valence-electron chi connectivity index (χ2n) is 2.34.